The molecule has 2 aromatic rings. The number of hydrogen-bond acceptors (Lipinski definition) is 7. The molecule has 1 aromatic heterocycles. The molecular weight excluding hydrogens is 404 g/mol. The van der Waals surface area contributed by atoms with Gasteiger partial charge in [-0.05, 0) is 24.8 Å². The largest absolute Gasteiger partial charge is 0.342 e. The maximum atomic E-state index is 12.9. The molecule has 1 saturated heterocycles. The van der Waals surface area contributed by atoms with E-state index in [2.05, 4.69) is 27.5 Å². The first-order chi connectivity index (χ1) is 14.8. The van der Waals surface area contributed by atoms with E-state index in [4.69, 9.17) is 0 Å². The van der Waals surface area contributed by atoms with Gasteiger partial charge in [0.25, 0.3) is 11.2 Å². The molecule has 1 fully saturated rings. The van der Waals surface area contributed by atoms with Crippen molar-refractivity contribution in [3.63, 3.8) is 0 Å². The summed E-state index contributed by atoms with van der Waals surface area (Å²) >= 11 is 0. The summed E-state index contributed by atoms with van der Waals surface area (Å²) in [5.41, 5.74) is -0.753. The van der Waals surface area contributed by atoms with Crippen molar-refractivity contribution < 1.29 is 14.5 Å². The maximum Gasteiger partial charge on any atom is 0.292 e. The third-order valence-corrected chi connectivity index (χ3v) is 5.57. The lowest BCUT2D eigenvalue weighted by Crippen LogP contribution is -2.40. The van der Waals surface area contributed by atoms with Crippen molar-refractivity contribution in [2.75, 3.05) is 28.6 Å². The van der Waals surface area contributed by atoms with E-state index < -0.39 is 28.2 Å². The highest BCUT2D eigenvalue weighted by molar-refractivity contribution is 6.05. The number of nitrogens with zero attached hydrogens (tertiary/aromatic N) is 3. The lowest BCUT2D eigenvalue weighted by atomic mass is 9.92. The Hall–Kier alpha value is -3.76. The van der Waals surface area contributed by atoms with Gasteiger partial charge in [-0.1, -0.05) is 19.1 Å². The zero-order valence-electron chi connectivity index (χ0n) is 16.9. The fourth-order valence-electron chi connectivity index (χ4n) is 4.07. The first kappa shape index (κ1) is 20.5. The Labute approximate surface area is 177 Å². The second-order valence-corrected chi connectivity index (χ2v) is 7.91. The fraction of sp³-hybridized carbons (Fsp3) is 0.400. The van der Waals surface area contributed by atoms with Crippen LogP contribution in [0.25, 0.3) is 0 Å². The number of benzene rings is 1. The van der Waals surface area contributed by atoms with Gasteiger partial charge in [-0.3, -0.25) is 29.5 Å². The quantitative estimate of drug-likeness (QED) is 0.499. The summed E-state index contributed by atoms with van der Waals surface area (Å²) in [6.07, 6.45) is 1.80. The van der Waals surface area contributed by atoms with Gasteiger partial charge in [0, 0.05) is 25.6 Å². The summed E-state index contributed by atoms with van der Waals surface area (Å²) in [4.78, 5) is 57.8. The van der Waals surface area contributed by atoms with Crippen LogP contribution in [0, 0.1) is 16.0 Å². The minimum atomic E-state index is -1.12. The molecule has 0 spiro atoms. The summed E-state index contributed by atoms with van der Waals surface area (Å²) in [5, 5.41) is 16.3. The van der Waals surface area contributed by atoms with Crippen molar-refractivity contribution in [1.82, 2.24) is 9.97 Å². The molecule has 11 nitrogen and oxygen atoms in total. The SMILES string of the molecule is CC1CCCN(c2nc3c(c(=O)[nH]2)C(C(=O)Nc2ccccc2[N+](=O)[O-])CC(=O)N3)C1. The number of fused-ring (bicyclic) bond motifs is 1. The number of amides is 2. The van der Waals surface area contributed by atoms with Gasteiger partial charge < -0.3 is 15.5 Å². The van der Waals surface area contributed by atoms with E-state index in [0.717, 1.165) is 25.9 Å². The van der Waals surface area contributed by atoms with E-state index >= 15 is 0 Å². The molecule has 0 aliphatic carbocycles. The van der Waals surface area contributed by atoms with Gasteiger partial charge in [0.15, 0.2) is 0 Å². The number of aromatic amines is 1. The Kier molecular flexibility index (Phi) is 5.40. The lowest BCUT2D eigenvalue weighted by Gasteiger charge is -2.32. The number of para-hydroxylation sites is 2. The third kappa shape index (κ3) is 4.11. The number of nitro groups is 1. The number of rotatable bonds is 4. The van der Waals surface area contributed by atoms with Crippen LogP contribution >= 0.6 is 0 Å². The first-order valence-corrected chi connectivity index (χ1v) is 10.1. The van der Waals surface area contributed by atoms with Crippen LogP contribution in [0.4, 0.5) is 23.1 Å². The number of piperidine rings is 1. The van der Waals surface area contributed by atoms with Crippen LogP contribution in [0.15, 0.2) is 29.1 Å². The highest BCUT2D eigenvalue weighted by Gasteiger charge is 2.36. The second-order valence-electron chi connectivity index (χ2n) is 7.91. The molecule has 0 radical (unpaired) electrons. The number of H-pyrrole nitrogens is 1. The van der Waals surface area contributed by atoms with Crippen LogP contribution in [-0.4, -0.2) is 39.8 Å². The molecule has 31 heavy (non-hydrogen) atoms. The number of nitro benzene ring substituents is 1. The van der Waals surface area contributed by atoms with E-state index in [0.29, 0.717) is 11.9 Å². The van der Waals surface area contributed by atoms with Gasteiger partial charge in [0.1, 0.15) is 11.5 Å². The molecule has 1 aromatic carbocycles. The fourth-order valence-corrected chi connectivity index (χ4v) is 4.07. The first-order valence-electron chi connectivity index (χ1n) is 10.1. The zero-order valence-corrected chi connectivity index (χ0v) is 16.9. The van der Waals surface area contributed by atoms with Crippen molar-refractivity contribution in [2.24, 2.45) is 5.92 Å². The minimum Gasteiger partial charge on any atom is -0.342 e. The molecule has 3 N–H and O–H groups in total. The summed E-state index contributed by atoms with van der Waals surface area (Å²) in [7, 11) is 0. The van der Waals surface area contributed by atoms with Gasteiger partial charge in [0.05, 0.1) is 16.4 Å². The van der Waals surface area contributed by atoms with Gasteiger partial charge in [-0.25, -0.2) is 0 Å². The van der Waals surface area contributed by atoms with Crippen molar-refractivity contribution in [3.05, 3.63) is 50.3 Å². The molecule has 0 saturated carbocycles. The van der Waals surface area contributed by atoms with E-state index in [9.17, 15) is 24.5 Å². The van der Waals surface area contributed by atoms with Gasteiger partial charge in [0.2, 0.25) is 17.8 Å². The summed E-state index contributed by atoms with van der Waals surface area (Å²) < 4.78 is 0. The average Bonchev–Trinajstić information content (AvgIpc) is 2.73. The molecule has 2 unspecified atom stereocenters. The predicted molar refractivity (Wildman–Crippen MR) is 113 cm³/mol. The number of hydrogen-bond donors (Lipinski definition) is 3. The van der Waals surface area contributed by atoms with Crippen molar-refractivity contribution in [1.29, 1.82) is 0 Å². The number of aromatic nitrogens is 2. The van der Waals surface area contributed by atoms with Gasteiger partial charge >= 0.3 is 0 Å². The van der Waals surface area contributed by atoms with E-state index in [1.807, 2.05) is 4.90 Å². The lowest BCUT2D eigenvalue weighted by molar-refractivity contribution is -0.383. The van der Waals surface area contributed by atoms with Crippen LogP contribution in [-0.2, 0) is 9.59 Å². The molecule has 2 aliphatic heterocycles. The van der Waals surface area contributed by atoms with Crippen molar-refractivity contribution in [2.45, 2.75) is 32.1 Å². The Morgan fingerprint density at radius 2 is 2.10 bits per heavy atom. The molecule has 0 bridgehead atoms. The number of carbonyl (C=O) groups excluding carboxylic acids is 2. The normalized spacial score (nSPS) is 20.5. The van der Waals surface area contributed by atoms with Gasteiger partial charge in [-0.2, -0.15) is 4.98 Å². The van der Waals surface area contributed by atoms with Crippen molar-refractivity contribution >= 4 is 35.0 Å². The second kappa shape index (κ2) is 8.17. The molecule has 11 heteroatoms. The van der Waals surface area contributed by atoms with E-state index in [1.54, 1.807) is 6.07 Å². The Morgan fingerprint density at radius 1 is 1.32 bits per heavy atom. The molecule has 2 aliphatic rings. The smallest absolute Gasteiger partial charge is 0.292 e. The molecular formula is C20H22N6O5. The van der Waals surface area contributed by atoms with E-state index in [1.165, 1.54) is 18.2 Å². The zero-order chi connectivity index (χ0) is 22.1. The standard InChI is InChI=1S/C20H22N6O5/c1-11-5-4-8-25(10-11)20-23-17-16(19(29)24-20)12(9-15(27)22-17)18(28)21-13-6-2-3-7-14(13)26(30)31/h2-3,6-7,11-12H,4-5,8-10H2,1H3,(H,21,28)(H2,22,23,24,27,29). The number of carbonyl (C=O) groups is 2. The monoisotopic (exact) mass is 426 g/mol. The van der Waals surface area contributed by atoms with Crippen LogP contribution in [0.1, 0.15) is 37.7 Å². The number of nitrogens with one attached hydrogen (secondary N) is 3. The number of anilines is 3. The maximum absolute atomic E-state index is 12.9. The minimum absolute atomic E-state index is 0.00616. The highest BCUT2D eigenvalue weighted by atomic mass is 16.6. The van der Waals surface area contributed by atoms with Crippen molar-refractivity contribution in [3.8, 4) is 0 Å². The Balaban J connectivity index is 1.66. The van der Waals surface area contributed by atoms with Gasteiger partial charge in [-0.15, -0.1) is 0 Å². The third-order valence-electron chi connectivity index (χ3n) is 5.57. The van der Waals surface area contributed by atoms with Crippen LogP contribution in [0.3, 0.4) is 0 Å². The Morgan fingerprint density at radius 3 is 2.84 bits per heavy atom. The topological polar surface area (TPSA) is 150 Å². The van der Waals surface area contributed by atoms with E-state index in [-0.39, 0.29) is 29.2 Å². The summed E-state index contributed by atoms with van der Waals surface area (Å²) in [6.45, 7) is 3.59. The highest BCUT2D eigenvalue weighted by Crippen LogP contribution is 2.32. The molecule has 2 amide bonds. The molecule has 162 valence electrons. The van der Waals surface area contributed by atoms with Crippen LogP contribution in [0.5, 0.6) is 0 Å². The summed E-state index contributed by atoms with van der Waals surface area (Å²) in [6, 6.07) is 5.68. The predicted octanol–water partition coefficient (Wildman–Crippen LogP) is 1.98. The van der Waals surface area contributed by atoms with Crippen LogP contribution in [0.2, 0.25) is 0 Å². The summed E-state index contributed by atoms with van der Waals surface area (Å²) in [5.74, 6) is -1.39. The molecule has 3 heterocycles. The van der Waals surface area contributed by atoms with Crippen LogP contribution < -0.4 is 21.1 Å². The Bertz CT molecular complexity index is 1110. The average molecular weight is 426 g/mol. The molecule has 4 rings (SSSR count). The molecule has 2 atom stereocenters.